The van der Waals surface area contributed by atoms with Gasteiger partial charge in [0.1, 0.15) is 5.60 Å². The van der Waals surface area contributed by atoms with E-state index in [4.69, 9.17) is 57.0 Å². The van der Waals surface area contributed by atoms with E-state index in [2.05, 4.69) is 20.7 Å². The third-order valence-corrected chi connectivity index (χ3v) is 7.50. The average molecular weight is 660 g/mol. The Labute approximate surface area is 269 Å². The van der Waals surface area contributed by atoms with Crippen LogP contribution in [0.4, 0.5) is 0 Å². The van der Waals surface area contributed by atoms with E-state index in [0.717, 1.165) is 0 Å². The molecule has 0 spiro atoms. The maximum absolute atomic E-state index is 12.9. The van der Waals surface area contributed by atoms with Gasteiger partial charge in [0.15, 0.2) is 0 Å². The summed E-state index contributed by atoms with van der Waals surface area (Å²) in [7, 11) is -0.723. The van der Waals surface area contributed by atoms with E-state index in [1.165, 1.54) is 12.1 Å². The largest absolute Gasteiger partial charge is 0.481 e. The summed E-state index contributed by atoms with van der Waals surface area (Å²) < 4.78 is 34.8. The molecule has 2 rings (SSSR count). The molecule has 0 aliphatic carbocycles. The fourth-order valence-corrected chi connectivity index (χ4v) is 4.59. The van der Waals surface area contributed by atoms with E-state index in [9.17, 15) is 9.59 Å². The van der Waals surface area contributed by atoms with Gasteiger partial charge in [0.05, 0.1) is 81.5 Å². The minimum Gasteiger partial charge on any atom is -0.402 e. The Bertz CT molecular complexity index is 1110. The Morgan fingerprint density at radius 1 is 1.00 bits per heavy atom. The van der Waals surface area contributed by atoms with Gasteiger partial charge < -0.3 is 38.9 Å². The molecule has 0 bridgehead atoms. The molecule has 2 atom stereocenters. The Morgan fingerprint density at radius 2 is 1.61 bits per heavy atom. The van der Waals surface area contributed by atoms with Gasteiger partial charge in [-0.2, -0.15) is 0 Å². The third kappa shape index (κ3) is 13.1. The van der Waals surface area contributed by atoms with Crippen molar-refractivity contribution in [3.8, 4) is 0 Å². The molecule has 1 aliphatic rings. The quantitative estimate of drug-likeness (QED) is 0.0651. The zero-order chi connectivity index (χ0) is 32.6. The van der Waals surface area contributed by atoms with Gasteiger partial charge >= 0.3 is 7.12 Å². The number of carbonyl (C=O) groups excluding carboxylic acids is 2. The topological polar surface area (TPSA) is 162 Å². The Morgan fingerprint density at radius 3 is 2.23 bits per heavy atom. The summed E-state index contributed by atoms with van der Waals surface area (Å²) in [6, 6.07) is 4.55. The number of azide groups is 1. The molecule has 1 aromatic rings. The summed E-state index contributed by atoms with van der Waals surface area (Å²) in [5.74, 6) is -1.13. The first-order chi connectivity index (χ1) is 20.9. The van der Waals surface area contributed by atoms with Crippen molar-refractivity contribution in [3.63, 3.8) is 0 Å². The molecule has 2 amide bonds. The van der Waals surface area contributed by atoms with Crippen molar-refractivity contribution in [3.05, 3.63) is 44.3 Å². The smallest absolute Gasteiger partial charge is 0.402 e. The molecule has 246 valence electrons. The summed E-state index contributed by atoms with van der Waals surface area (Å²) >= 11 is 12.1. The number of nitrogens with one attached hydrogen (secondary N) is 2. The van der Waals surface area contributed by atoms with Crippen molar-refractivity contribution in [2.75, 3.05) is 65.9 Å². The van der Waals surface area contributed by atoms with Crippen LogP contribution < -0.4 is 10.6 Å². The third-order valence-electron chi connectivity index (χ3n) is 6.94. The van der Waals surface area contributed by atoms with Crippen LogP contribution in [0.25, 0.3) is 10.4 Å². The number of benzene rings is 1. The van der Waals surface area contributed by atoms with E-state index in [0.29, 0.717) is 64.2 Å². The average Bonchev–Trinajstić information content (AvgIpc) is 3.20. The first kappa shape index (κ1) is 38.1. The van der Waals surface area contributed by atoms with Crippen LogP contribution >= 0.6 is 23.2 Å². The Balaban J connectivity index is 1.76. The number of nitrogens with zero attached hydrogens (tertiary/aromatic N) is 3. The minimum atomic E-state index is -0.795. The molecule has 0 aromatic heterocycles. The lowest BCUT2D eigenvalue weighted by Crippen LogP contribution is -2.51. The number of hydrogen-bond donors (Lipinski definition) is 2. The molecule has 44 heavy (non-hydrogen) atoms. The molecular weight excluding hydrogens is 616 g/mol. The molecule has 0 radical (unpaired) electrons. The Hall–Kier alpha value is -2.13. The second-order valence-corrected chi connectivity index (χ2v) is 12.1. The highest BCUT2D eigenvalue weighted by atomic mass is 35.5. The van der Waals surface area contributed by atoms with Crippen LogP contribution in [-0.2, 0) is 33.1 Å². The van der Waals surface area contributed by atoms with Gasteiger partial charge in [-0.05, 0) is 56.8 Å². The number of rotatable bonds is 21. The van der Waals surface area contributed by atoms with Crippen LogP contribution in [0, 0.1) is 5.92 Å². The number of halogens is 2. The zero-order valence-corrected chi connectivity index (χ0v) is 27.6. The summed E-state index contributed by atoms with van der Waals surface area (Å²) in [6.07, 6.45) is 0.593. The minimum absolute atomic E-state index is 0.186. The van der Waals surface area contributed by atoms with Crippen molar-refractivity contribution in [2.24, 2.45) is 11.0 Å². The zero-order valence-electron chi connectivity index (χ0n) is 26.1. The summed E-state index contributed by atoms with van der Waals surface area (Å²) in [6.45, 7) is 12.9. The van der Waals surface area contributed by atoms with E-state index in [1.807, 2.05) is 34.6 Å². The fraction of sp³-hybridized carbons (Fsp3) is 0.714. The molecular formula is C28H44BCl2N5O8. The highest BCUT2D eigenvalue weighted by molar-refractivity contribution is 6.48. The maximum atomic E-state index is 12.9. The monoisotopic (exact) mass is 659 g/mol. The summed E-state index contributed by atoms with van der Waals surface area (Å²) in [5.41, 5.74) is 6.87. The summed E-state index contributed by atoms with van der Waals surface area (Å²) in [5, 5.41) is 9.53. The number of hydrogen-bond acceptors (Lipinski definition) is 9. The van der Waals surface area contributed by atoms with Gasteiger partial charge in [-0.25, -0.2) is 0 Å². The second-order valence-electron chi connectivity index (χ2n) is 11.3. The van der Waals surface area contributed by atoms with E-state index < -0.39 is 36.1 Å². The van der Waals surface area contributed by atoms with Crippen molar-refractivity contribution < 1.29 is 37.8 Å². The molecule has 1 fully saturated rings. The van der Waals surface area contributed by atoms with Crippen LogP contribution in [0.3, 0.4) is 0 Å². The van der Waals surface area contributed by atoms with Gasteiger partial charge in [0, 0.05) is 16.5 Å². The van der Waals surface area contributed by atoms with Crippen LogP contribution in [0.1, 0.15) is 51.4 Å². The van der Waals surface area contributed by atoms with Crippen LogP contribution in [0.15, 0.2) is 23.3 Å². The number of amides is 2. The predicted octanol–water partition coefficient (Wildman–Crippen LogP) is 4.24. The normalized spacial score (nSPS) is 18.2. The molecule has 16 heteroatoms. The SMILES string of the molecule is CC(C)C[C@H](NC(=O)CNC(=O)c1cc(Cl)ccc1Cl)B1OC(C)(C)C(C)(COCCOCCOCCOCCN=[N+]=[N-])O1. The van der Waals surface area contributed by atoms with Crippen LogP contribution in [0.2, 0.25) is 10.0 Å². The highest BCUT2D eigenvalue weighted by Crippen LogP contribution is 2.39. The number of carbonyl (C=O) groups is 2. The van der Waals surface area contributed by atoms with Crippen molar-refractivity contribution in [2.45, 2.75) is 58.2 Å². The highest BCUT2D eigenvalue weighted by Gasteiger charge is 2.56. The molecule has 1 saturated heterocycles. The standard InChI is InChI=1S/C28H44BCl2N5O8/c1-20(2)16-24(35-25(37)18-33-26(38)22-17-21(30)6-7-23(22)31)29-43-27(3,4)28(5,44-29)19-42-15-14-41-13-12-40-11-10-39-9-8-34-36-32/h6-7,17,20,24H,8-16,18-19H2,1-5H3,(H,33,38)(H,35,37)/t24-,28?/m0/s1. The first-order valence-electron chi connectivity index (χ1n) is 14.6. The lowest BCUT2D eigenvalue weighted by Gasteiger charge is -2.36. The van der Waals surface area contributed by atoms with E-state index in [1.54, 1.807) is 6.07 Å². The molecule has 2 N–H and O–H groups in total. The molecule has 1 unspecified atom stereocenters. The van der Waals surface area contributed by atoms with Gasteiger partial charge in [-0.15, -0.1) is 0 Å². The molecule has 1 heterocycles. The summed E-state index contributed by atoms with van der Waals surface area (Å²) in [4.78, 5) is 28.1. The van der Waals surface area contributed by atoms with E-state index in [-0.39, 0.29) is 29.7 Å². The molecule has 1 aromatic carbocycles. The van der Waals surface area contributed by atoms with Crippen molar-refractivity contribution in [1.29, 1.82) is 0 Å². The second kappa shape index (κ2) is 19.4. The predicted molar refractivity (Wildman–Crippen MR) is 168 cm³/mol. The fourth-order valence-electron chi connectivity index (χ4n) is 4.22. The lowest BCUT2D eigenvalue weighted by molar-refractivity contribution is -0.120. The van der Waals surface area contributed by atoms with Gasteiger partial charge in [0.25, 0.3) is 5.91 Å². The van der Waals surface area contributed by atoms with Crippen LogP contribution in [-0.4, -0.2) is 102 Å². The van der Waals surface area contributed by atoms with Crippen molar-refractivity contribution in [1.82, 2.24) is 10.6 Å². The van der Waals surface area contributed by atoms with Gasteiger partial charge in [0.2, 0.25) is 5.91 Å². The van der Waals surface area contributed by atoms with Gasteiger partial charge in [-0.1, -0.05) is 42.2 Å². The molecule has 1 aliphatic heterocycles. The molecule has 13 nitrogen and oxygen atoms in total. The number of ether oxygens (including phenoxy) is 4. The van der Waals surface area contributed by atoms with Crippen LogP contribution in [0.5, 0.6) is 0 Å². The Kier molecular flexibility index (Phi) is 16.8. The van der Waals surface area contributed by atoms with Gasteiger partial charge in [-0.3, -0.25) is 9.59 Å². The van der Waals surface area contributed by atoms with Crippen molar-refractivity contribution >= 4 is 42.1 Å². The first-order valence-corrected chi connectivity index (χ1v) is 15.3. The lowest BCUT2D eigenvalue weighted by atomic mass is 9.74. The molecule has 0 saturated carbocycles. The van der Waals surface area contributed by atoms with E-state index >= 15 is 0 Å². The maximum Gasteiger partial charge on any atom is 0.481 e.